The average molecular weight is 453 g/mol. The molecule has 0 aliphatic carbocycles. The molecule has 2 aromatic rings. The first-order chi connectivity index (χ1) is 16.2. The molecule has 0 N–H and O–H groups in total. The van der Waals surface area contributed by atoms with Crippen LogP contribution in [0.4, 0.5) is 0 Å². The van der Waals surface area contributed by atoms with Gasteiger partial charge in [-0.2, -0.15) is 0 Å². The number of hydrogen-bond acceptors (Lipinski definition) is 4. The van der Waals surface area contributed by atoms with Gasteiger partial charge < -0.3 is 4.74 Å². The van der Waals surface area contributed by atoms with Crippen LogP contribution in [0.1, 0.15) is 116 Å². The maximum atomic E-state index is 12.1. The normalized spacial score (nSPS) is 11.0. The third-order valence-electron chi connectivity index (χ3n) is 6.13. The molecule has 0 aliphatic rings. The third kappa shape index (κ3) is 12.0. The topological polar surface area (TPSA) is 52.1 Å². The Morgan fingerprint density at radius 1 is 0.697 bits per heavy atom. The molecule has 1 heterocycles. The monoisotopic (exact) mass is 452 g/mol. The van der Waals surface area contributed by atoms with E-state index >= 15 is 0 Å². The van der Waals surface area contributed by atoms with Gasteiger partial charge in [-0.15, -0.1) is 0 Å². The summed E-state index contributed by atoms with van der Waals surface area (Å²) in [6, 6.07) is 8.46. The van der Waals surface area contributed by atoms with Crippen LogP contribution in [0, 0.1) is 0 Å². The molecule has 1 aromatic heterocycles. The number of unbranched alkanes of at least 4 members (excludes halogenated alkanes) is 12. The molecule has 4 nitrogen and oxygen atoms in total. The van der Waals surface area contributed by atoms with Gasteiger partial charge in [-0.05, 0) is 24.8 Å². The highest BCUT2D eigenvalue weighted by Crippen LogP contribution is 2.19. The smallest absolute Gasteiger partial charge is 0.311 e. The van der Waals surface area contributed by atoms with Crippen molar-refractivity contribution in [1.82, 2.24) is 9.97 Å². The molecular formula is C29H44N2O2. The molecule has 0 atom stereocenters. The maximum absolute atomic E-state index is 12.1. The number of esters is 1. The minimum Gasteiger partial charge on any atom is -0.423 e. The van der Waals surface area contributed by atoms with Crippen LogP contribution in [0.25, 0.3) is 11.4 Å². The molecular weight excluding hydrogens is 408 g/mol. The van der Waals surface area contributed by atoms with Gasteiger partial charge >= 0.3 is 5.97 Å². The van der Waals surface area contributed by atoms with Gasteiger partial charge in [0.15, 0.2) is 11.6 Å². The van der Waals surface area contributed by atoms with E-state index in [-0.39, 0.29) is 5.97 Å². The molecule has 0 radical (unpaired) electrons. The highest BCUT2D eigenvalue weighted by atomic mass is 16.5. The standard InChI is InChI=1S/C29H44N2O2/c1-3-5-7-9-10-11-12-13-14-16-18-28(32)33-27-23-30-29(31-24-27)26-21-19-25(20-22-26)17-15-8-6-4-2/h19-24H,3-18H2,1-2H3. The lowest BCUT2D eigenvalue weighted by Crippen LogP contribution is -2.08. The van der Waals surface area contributed by atoms with Crippen LogP contribution in [0.15, 0.2) is 36.7 Å². The molecule has 0 saturated carbocycles. The summed E-state index contributed by atoms with van der Waals surface area (Å²) in [7, 11) is 0. The Morgan fingerprint density at radius 2 is 1.21 bits per heavy atom. The molecule has 182 valence electrons. The van der Waals surface area contributed by atoms with Gasteiger partial charge in [0.2, 0.25) is 0 Å². The highest BCUT2D eigenvalue weighted by Gasteiger charge is 2.07. The fourth-order valence-electron chi connectivity index (χ4n) is 4.03. The van der Waals surface area contributed by atoms with Crippen molar-refractivity contribution < 1.29 is 9.53 Å². The lowest BCUT2D eigenvalue weighted by atomic mass is 10.0. The SMILES string of the molecule is CCCCCCCCCCCCC(=O)Oc1cnc(-c2ccc(CCCCCC)cc2)nc1. The van der Waals surface area contributed by atoms with Crippen molar-refractivity contribution in [1.29, 1.82) is 0 Å². The Labute approximate surface area is 201 Å². The van der Waals surface area contributed by atoms with Crippen molar-refractivity contribution in [3.63, 3.8) is 0 Å². The molecule has 0 amide bonds. The summed E-state index contributed by atoms with van der Waals surface area (Å²) in [4.78, 5) is 20.9. The minimum absolute atomic E-state index is 0.196. The number of benzene rings is 1. The van der Waals surface area contributed by atoms with Crippen LogP contribution in [-0.2, 0) is 11.2 Å². The molecule has 0 spiro atoms. The summed E-state index contributed by atoms with van der Waals surface area (Å²) in [6.07, 6.45) is 22.4. The molecule has 4 heteroatoms. The number of carbonyl (C=O) groups is 1. The summed E-state index contributed by atoms with van der Waals surface area (Å²) < 4.78 is 5.41. The van der Waals surface area contributed by atoms with E-state index < -0.39 is 0 Å². The summed E-state index contributed by atoms with van der Waals surface area (Å²) in [5.74, 6) is 0.878. The minimum atomic E-state index is -0.196. The van der Waals surface area contributed by atoms with Gasteiger partial charge in [0.1, 0.15) is 0 Å². The van der Waals surface area contributed by atoms with Crippen molar-refractivity contribution in [3.05, 3.63) is 42.2 Å². The quantitative estimate of drug-likeness (QED) is 0.168. The second-order valence-corrected chi connectivity index (χ2v) is 9.16. The van der Waals surface area contributed by atoms with Crippen molar-refractivity contribution in [3.8, 4) is 17.1 Å². The summed E-state index contributed by atoms with van der Waals surface area (Å²) >= 11 is 0. The number of aryl methyl sites for hydroxylation is 1. The van der Waals surface area contributed by atoms with Crippen LogP contribution in [0.2, 0.25) is 0 Å². The Morgan fingerprint density at radius 3 is 1.79 bits per heavy atom. The first-order valence-electron chi connectivity index (χ1n) is 13.3. The Hall–Kier alpha value is -2.23. The molecule has 0 fully saturated rings. The van der Waals surface area contributed by atoms with Gasteiger partial charge in [-0.3, -0.25) is 4.79 Å². The molecule has 0 bridgehead atoms. The zero-order valence-corrected chi connectivity index (χ0v) is 21.0. The van der Waals surface area contributed by atoms with E-state index in [4.69, 9.17) is 4.74 Å². The zero-order chi connectivity index (χ0) is 23.6. The zero-order valence-electron chi connectivity index (χ0n) is 21.0. The Balaban J connectivity index is 1.62. The molecule has 0 unspecified atom stereocenters. The van der Waals surface area contributed by atoms with E-state index in [0.29, 0.717) is 18.0 Å². The fraction of sp³-hybridized carbons (Fsp3) is 0.621. The van der Waals surface area contributed by atoms with E-state index in [9.17, 15) is 4.79 Å². The van der Waals surface area contributed by atoms with Crippen LogP contribution < -0.4 is 4.74 Å². The predicted molar refractivity (Wildman–Crippen MR) is 137 cm³/mol. The van der Waals surface area contributed by atoms with E-state index in [2.05, 4.69) is 48.1 Å². The number of carbonyl (C=O) groups excluding carboxylic acids is 1. The molecule has 0 aliphatic heterocycles. The summed E-state index contributed by atoms with van der Waals surface area (Å²) in [5.41, 5.74) is 2.34. The maximum Gasteiger partial charge on any atom is 0.311 e. The predicted octanol–water partition coefficient (Wildman–Crippen LogP) is 8.48. The van der Waals surface area contributed by atoms with E-state index in [1.807, 2.05) is 0 Å². The number of ether oxygens (including phenoxy) is 1. The first kappa shape index (κ1) is 27.0. The van der Waals surface area contributed by atoms with Gasteiger partial charge in [-0.1, -0.05) is 115 Å². The molecule has 0 saturated heterocycles. The fourth-order valence-corrected chi connectivity index (χ4v) is 4.03. The first-order valence-corrected chi connectivity index (χ1v) is 13.3. The lowest BCUT2D eigenvalue weighted by molar-refractivity contribution is -0.134. The van der Waals surface area contributed by atoms with Crippen molar-refractivity contribution in [2.24, 2.45) is 0 Å². The van der Waals surface area contributed by atoms with E-state index in [0.717, 1.165) is 24.8 Å². The van der Waals surface area contributed by atoms with Crippen LogP contribution >= 0.6 is 0 Å². The van der Waals surface area contributed by atoms with Crippen LogP contribution in [0.3, 0.4) is 0 Å². The molecule has 2 rings (SSSR count). The number of hydrogen-bond donors (Lipinski definition) is 0. The average Bonchev–Trinajstić information content (AvgIpc) is 2.84. The lowest BCUT2D eigenvalue weighted by Gasteiger charge is -2.06. The molecule has 33 heavy (non-hydrogen) atoms. The van der Waals surface area contributed by atoms with Crippen molar-refractivity contribution >= 4 is 5.97 Å². The van der Waals surface area contributed by atoms with E-state index in [1.165, 1.54) is 82.6 Å². The van der Waals surface area contributed by atoms with Crippen molar-refractivity contribution in [2.75, 3.05) is 0 Å². The van der Waals surface area contributed by atoms with Gasteiger partial charge in [-0.25, -0.2) is 9.97 Å². The van der Waals surface area contributed by atoms with Gasteiger partial charge in [0.25, 0.3) is 0 Å². The van der Waals surface area contributed by atoms with Crippen LogP contribution in [0.5, 0.6) is 5.75 Å². The summed E-state index contributed by atoms with van der Waals surface area (Å²) in [6.45, 7) is 4.49. The Bertz CT molecular complexity index is 756. The second kappa shape index (κ2) is 17.3. The number of rotatable bonds is 18. The number of aromatic nitrogens is 2. The largest absolute Gasteiger partial charge is 0.423 e. The molecule has 1 aromatic carbocycles. The van der Waals surface area contributed by atoms with Gasteiger partial charge in [0, 0.05) is 12.0 Å². The summed E-state index contributed by atoms with van der Waals surface area (Å²) in [5, 5.41) is 0. The Kier molecular flexibility index (Phi) is 14.1. The van der Waals surface area contributed by atoms with Crippen molar-refractivity contribution in [2.45, 2.75) is 117 Å². The second-order valence-electron chi connectivity index (χ2n) is 9.16. The number of nitrogens with zero attached hydrogens (tertiary/aromatic N) is 2. The highest BCUT2D eigenvalue weighted by molar-refractivity contribution is 5.72. The van der Waals surface area contributed by atoms with Gasteiger partial charge in [0.05, 0.1) is 12.4 Å². The third-order valence-corrected chi connectivity index (χ3v) is 6.13. The van der Waals surface area contributed by atoms with E-state index in [1.54, 1.807) is 12.4 Å². The van der Waals surface area contributed by atoms with Crippen LogP contribution in [-0.4, -0.2) is 15.9 Å².